The molecular weight excluding hydrogens is 252 g/mol. The number of fused-ring (bicyclic) bond motifs is 1. The first kappa shape index (κ1) is 14.4. The molecule has 5 nitrogen and oxygen atoms in total. The maximum Gasteiger partial charge on any atom is 0.214 e. The smallest absolute Gasteiger partial charge is 0.214 e. The minimum atomic E-state index is -0.0313. The third-order valence-corrected chi connectivity index (χ3v) is 3.24. The Labute approximate surface area is 118 Å². The molecule has 3 N–H and O–H groups in total. The number of rotatable bonds is 4. The molecule has 1 heterocycles. The molecule has 5 heteroatoms. The van der Waals surface area contributed by atoms with E-state index in [1.165, 1.54) is 0 Å². The first-order valence-electron chi connectivity index (χ1n) is 6.99. The third kappa shape index (κ3) is 2.76. The average Bonchev–Trinajstić information content (AvgIpc) is 2.41. The maximum atomic E-state index is 10.1. The van der Waals surface area contributed by atoms with Gasteiger partial charge in [-0.15, -0.1) is 6.58 Å². The predicted octanol–water partition coefficient (Wildman–Crippen LogP) is 0.287. The van der Waals surface area contributed by atoms with E-state index in [1.54, 1.807) is 6.08 Å². The molecular formula is C15H22N4O. The van der Waals surface area contributed by atoms with E-state index in [0.29, 0.717) is 11.9 Å². The Bertz CT molecular complexity index is 685. The second kappa shape index (κ2) is 5.94. The fourth-order valence-electron chi connectivity index (χ4n) is 2.40. The Kier molecular flexibility index (Phi) is 4.27. The van der Waals surface area contributed by atoms with Crippen LogP contribution in [0.4, 0.5) is 0 Å². The highest BCUT2D eigenvalue weighted by Gasteiger charge is 2.11. The molecule has 0 aliphatic heterocycles. The van der Waals surface area contributed by atoms with Gasteiger partial charge in [-0.05, 0) is 33.1 Å². The summed E-state index contributed by atoms with van der Waals surface area (Å²) in [5.74, 6) is -0.0313. The van der Waals surface area contributed by atoms with Crippen molar-refractivity contribution in [3.63, 3.8) is 0 Å². The maximum absolute atomic E-state index is 10.1. The lowest BCUT2D eigenvalue weighted by Crippen LogP contribution is -2.50. The minimum absolute atomic E-state index is 0.0313. The molecule has 0 unspecified atom stereocenters. The Morgan fingerprint density at radius 2 is 2.40 bits per heavy atom. The van der Waals surface area contributed by atoms with Crippen LogP contribution in [0, 0.1) is 5.41 Å². The molecule has 0 atom stereocenters. The molecule has 0 aromatic carbocycles. The van der Waals surface area contributed by atoms with Crippen LogP contribution in [0.25, 0.3) is 12.0 Å². The van der Waals surface area contributed by atoms with Crippen molar-refractivity contribution in [1.29, 1.82) is 5.41 Å². The predicted molar refractivity (Wildman–Crippen MR) is 79.2 cm³/mol. The topological polar surface area (TPSA) is 73.9 Å². The van der Waals surface area contributed by atoms with E-state index in [1.807, 2.05) is 18.4 Å². The van der Waals surface area contributed by atoms with E-state index >= 15 is 0 Å². The van der Waals surface area contributed by atoms with E-state index in [-0.39, 0.29) is 17.4 Å². The van der Waals surface area contributed by atoms with Crippen LogP contribution in [-0.2, 0) is 13.0 Å². The van der Waals surface area contributed by atoms with Gasteiger partial charge in [0.1, 0.15) is 0 Å². The van der Waals surface area contributed by atoms with Crippen molar-refractivity contribution in [2.75, 3.05) is 0 Å². The molecule has 1 aromatic heterocycles. The molecule has 0 amide bonds. The lowest BCUT2D eigenvalue weighted by Gasteiger charge is -2.15. The molecule has 0 saturated heterocycles. The fourth-order valence-corrected chi connectivity index (χ4v) is 2.40. The first-order chi connectivity index (χ1) is 9.54. The molecule has 0 fully saturated rings. The Hall–Kier alpha value is -2.04. The summed E-state index contributed by atoms with van der Waals surface area (Å²) in [5, 5.41) is 22.6. The number of hydrogen-bond donors (Lipinski definition) is 3. The summed E-state index contributed by atoms with van der Waals surface area (Å²) in [6.07, 6.45) is 6.82. The second-order valence-corrected chi connectivity index (χ2v) is 5.28. The van der Waals surface area contributed by atoms with Gasteiger partial charge in [0.25, 0.3) is 0 Å². The van der Waals surface area contributed by atoms with Crippen molar-refractivity contribution in [1.82, 2.24) is 14.9 Å². The number of aromatic nitrogens is 2. The van der Waals surface area contributed by atoms with Gasteiger partial charge in [0.05, 0.1) is 11.0 Å². The summed E-state index contributed by atoms with van der Waals surface area (Å²) in [6.45, 7) is 8.16. The molecule has 0 bridgehead atoms. The van der Waals surface area contributed by atoms with Crippen LogP contribution in [0.3, 0.4) is 0 Å². The van der Waals surface area contributed by atoms with Gasteiger partial charge in [0, 0.05) is 12.6 Å². The highest BCUT2D eigenvalue weighted by Crippen LogP contribution is 2.02. The number of hydrogen-bond acceptors (Lipinski definition) is 4. The Morgan fingerprint density at radius 1 is 1.65 bits per heavy atom. The van der Waals surface area contributed by atoms with Crippen LogP contribution in [0.1, 0.15) is 32.4 Å². The molecule has 20 heavy (non-hydrogen) atoms. The zero-order valence-electron chi connectivity index (χ0n) is 12.1. The van der Waals surface area contributed by atoms with Crippen molar-refractivity contribution in [3.8, 4) is 0 Å². The van der Waals surface area contributed by atoms with E-state index < -0.39 is 0 Å². The van der Waals surface area contributed by atoms with Crippen LogP contribution in [-0.4, -0.2) is 20.7 Å². The van der Waals surface area contributed by atoms with Gasteiger partial charge in [-0.2, -0.15) is 0 Å². The number of allylic oxidation sites excluding steroid dienone is 1. The van der Waals surface area contributed by atoms with Crippen LogP contribution < -0.4 is 21.5 Å². The van der Waals surface area contributed by atoms with Gasteiger partial charge < -0.3 is 15.0 Å². The molecule has 1 aliphatic rings. The van der Waals surface area contributed by atoms with Gasteiger partial charge in [0.2, 0.25) is 5.88 Å². The van der Waals surface area contributed by atoms with Gasteiger partial charge in [0.15, 0.2) is 10.8 Å². The number of aliphatic hydroxyl groups excluding tert-OH is 1. The normalized spacial score (nSPS) is 15.3. The summed E-state index contributed by atoms with van der Waals surface area (Å²) in [7, 11) is 0. The van der Waals surface area contributed by atoms with E-state index in [0.717, 1.165) is 30.3 Å². The van der Waals surface area contributed by atoms with E-state index in [2.05, 4.69) is 23.0 Å². The summed E-state index contributed by atoms with van der Waals surface area (Å²) in [5.41, 5.74) is 1.16. The Balaban J connectivity index is 2.76. The SMILES string of the molecule is C=CCn1c2c(n/c(=C(/O)NC(C)C)c1=N)CCCC=2. The summed E-state index contributed by atoms with van der Waals surface area (Å²) in [6, 6.07) is 0.0895. The summed E-state index contributed by atoms with van der Waals surface area (Å²) >= 11 is 0. The highest BCUT2D eigenvalue weighted by molar-refractivity contribution is 5.31. The molecule has 1 aromatic rings. The van der Waals surface area contributed by atoms with Crippen LogP contribution >= 0.6 is 0 Å². The lowest BCUT2D eigenvalue weighted by molar-refractivity contribution is 0.436. The van der Waals surface area contributed by atoms with Gasteiger partial charge in [-0.25, -0.2) is 4.98 Å². The number of aliphatic hydroxyl groups is 1. The van der Waals surface area contributed by atoms with Crippen LogP contribution in [0.5, 0.6) is 0 Å². The van der Waals surface area contributed by atoms with Crippen molar-refractivity contribution in [2.24, 2.45) is 0 Å². The lowest BCUT2D eigenvalue weighted by atomic mass is 10.1. The van der Waals surface area contributed by atoms with E-state index in [9.17, 15) is 5.11 Å². The number of aryl methyl sites for hydroxylation is 1. The molecule has 0 radical (unpaired) electrons. The van der Waals surface area contributed by atoms with Crippen molar-refractivity contribution in [3.05, 3.63) is 34.5 Å². The zero-order chi connectivity index (χ0) is 14.7. The zero-order valence-corrected chi connectivity index (χ0v) is 12.1. The quantitative estimate of drug-likeness (QED) is 0.691. The molecule has 2 rings (SSSR count). The van der Waals surface area contributed by atoms with Crippen molar-refractivity contribution >= 4 is 12.0 Å². The minimum Gasteiger partial charge on any atom is -0.493 e. The Morgan fingerprint density at radius 3 is 3.05 bits per heavy atom. The average molecular weight is 274 g/mol. The molecule has 0 saturated carbocycles. The monoisotopic (exact) mass is 274 g/mol. The highest BCUT2D eigenvalue weighted by atomic mass is 16.3. The van der Waals surface area contributed by atoms with Crippen LogP contribution in [0.15, 0.2) is 12.7 Å². The second-order valence-electron chi connectivity index (χ2n) is 5.28. The first-order valence-corrected chi connectivity index (χ1v) is 6.99. The van der Waals surface area contributed by atoms with Crippen LogP contribution in [0.2, 0.25) is 0 Å². The van der Waals surface area contributed by atoms with Gasteiger partial charge in [-0.3, -0.25) is 5.41 Å². The third-order valence-electron chi connectivity index (χ3n) is 3.24. The molecule has 108 valence electrons. The largest absolute Gasteiger partial charge is 0.493 e. The molecule has 0 spiro atoms. The standard InChI is InChI=1S/C15H22N4O/c1-4-9-19-12-8-6-5-7-11(12)18-13(14(19)16)15(20)17-10(2)3/h4,8,10,16-17,20H,1,5-7,9H2,2-3H3/b15-13+,16-14?. The summed E-state index contributed by atoms with van der Waals surface area (Å²) < 4.78 is 1.85. The number of nitrogens with one attached hydrogen (secondary N) is 2. The van der Waals surface area contributed by atoms with E-state index in [4.69, 9.17) is 5.41 Å². The molecule has 1 aliphatic carbocycles. The van der Waals surface area contributed by atoms with Crippen molar-refractivity contribution in [2.45, 2.75) is 45.7 Å². The fraction of sp³-hybridized carbons (Fsp3) is 0.467. The van der Waals surface area contributed by atoms with Gasteiger partial charge >= 0.3 is 0 Å². The summed E-state index contributed by atoms with van der Waals surface area (Å²) in [4.78, 5) is 4.49. The van der Waals surface area contributed by atoms with Crippen molar-refractivity contribution < 1.29 is 5.11 Å². The number of nitrogens with zero attached hydrogens (tertiary/aromatic N) is 2. The van der Waals surface area contributed by atoms with Gasteiger partial charge in [-0.1, -0.05) is 12.2 Å².